The minimum Gasteiger partial charge on any atom is -0.368 e. The van der Waals surface area contributed by atoms with Crippen LogP contribution >= 0.6 is 0 Å². The van der Waals surface area contributed by atoms with E-state index in [0.29, 0.717) is 6.10 Å². The molecule has 0 aromatic rings. The van der Waals surface area contributed by atoms with Crippen molar-refractivity contribution in [3.05, 3.63) is 19.3 Å². The van der Waals surface area contributed by atoms with Crippen LogP contribution in [0, 0.1) is 6.61 Å². The van der Waals surface area contributed by atoms with E-state index in [0.717, 1.165) is 6.42 Å². The molecule has 1 unspecified atom stereocenters. The van der Waals surface area contributed by atoms with E-state index in [1.54, 1.807) is 12.7 Å². The molecule has 0 N–H and O–H groups in total. The lowest BCUT2D eigenvalue weighted by atomic mass is 10.3. The Labute approximate surface area is 51.4 Å². The summed E-state index contributed by atoms with van der Waals surface area (Å²) in [6.45, 7) is 9.22. The van der Waals surface area contributed by atoms with E-state index >= 15 is 0 Å². The van der Waals surface area contributed by atoms with Crippen molar-refractivity contribution in [2.45, 2.75) is 26.4 Å². The lowest BCUT2D eigenvalue weighted by molar-refractivity contribution is 0.130. The predicted molar refractivity (Wildman–Crippen MR) is 35.3 cm³/mol. The average molecular weight is 113 g/mol. The van der Waals surface area contributed by atoms with E-state index < -0.39 is 0 Å². The van der Waals surface area contributed by atoms with Gasteiger partial charge in [-0.2, -0.15) is 0 Å². The van der Waals surface area contributed by atoms with E-state index in [-0.39, 0.29) is 0 Å². The van der Waals surface area contributed by atoms with Crippen LogP contribution in [0.2, 0.25) is 0 Å². The van der Waals surface area contributed by atoms with Gasteiger partial charge in [0.2, 0.25) is 0 Å². The van der Waals surface area contributed by atoms with Crippen LogP contribution in [-0.2, 0) is 4.74 Å². The SMILES string of the molecule is C=C[CH]OC(C)CC. The summed E-state index contributed by atoms with van der Waals surface area (Å²) in [6.07, 6.45) is 3.02. The van der Waals surface area contributed by atoms with Gasteiger partial charge in [0.05, 0.1) is 6.10 Å². The molecule has 47 valence electrons. The van der Waals surface area contributed by atoms with Gasteiger partial charge in [-0.05, 0) is 13.3 Å². The van der Waals surface area contributed by atoms with Gasteiger partial charge in [-0.1, -0.05) is 13.0 Å². The summed E-state index contributed by atoms with van der Waals surface area (Å²) in [5, 5.41) is 0. The quantitative estimate of drug-likeness (QED) is 0.542. The molecule has 0 rings (SSSR count). The number of hydrogen-bond donors (Lipinski definition) is 0. The second kappa shape index (κ2) is 4.85. The molecule has 0 amide bonds. The highest BCUT2D eigenvalue weighted by molar-refractivity contribution is 4.77. The normalized spacial score (nSPS) is 13.2. The van der Waals surface area contributed by atoms with Crippen molar-refractivity contribution in [1.29, 1.82) is 0 Å². The summed E-state index contributed by atoms with van der Waals surface area (Å²) < 4.78 is 5.10. The molecule has 0 spiro atoms. The van der Waals surface area contributed by atoms with Crippen LogP contribution in [0.4, 0.5) is 0 Å². The lowest BCUT2D eigenvalue weighted by Gasteiger charge is -2.05. The second-order valence-corrected chi connectivity index (χ2v) is 1.73. The smallest absolute Gasteiger partial charge is 0.105 e. The molecular formula is C7H13O. The van der Waals surface area contributed by atoms with Crippen molar-refractivity contribution in [3.63, 3.8) is 0 Å². The van der Waals surface area contributed by atoms with Gasteiger partial charge in [0, 0.05) is 0 Å². The summed E-state index contributed by atoms with van der Waals surface area (Å²) in [4.78, 5) is 0. The number of rotatable bonds is 4. The molecule has 0 bridgehead atoms. The first-order chi connectivity index (χ1) is 3.81. The van der Waals surface area contributed by atoms with Gasteiger partial charge < -0.3 is 4.74 Å². The summed E-state index contributed by atoms with van der Waals surface area (Å²) >= 11 is 0. The molecular weight excluding hydrogens is 100 g/mol. The standard InChI is InChI=1S/C7H13O/c1-4-6-8-7(3)5-2/h4,6-7H,1,5H2,2-3H3. The van der Waals surface area contributed by atoms with E-state index in [1.165, 1.54) is 0 Å². The molecule has 0 aromatic carbocycles. The van der Waals surface area contributed by atoms with Crippen LogP contribution in [0.5, 0.6) is 0 Å². The summed E-state index contributed by atoms with van der Waals surface area (Å²) in [7, 11) is 0. The highest BCUT2D eigenvalue weighted by Gasteiger charge is 1.93. The highest BCUT2D eigenvalue weighted by Crippen LogP contribution is 1.96. The molecule has 0 aliphatic heterocycles. The second-order valence-electron chi connectivity index (χ2n) is 1.73. The Balaban J connectivity index is 2.97. The maximum atomic E-state index is 5.10. The lowest BCUT2D eigenvalue weighted by Crippen LogP contribution is -2.02. The third kappa shape index (κ3) is 3.88. The topological polar surface area (TPSA) is 9.23 Å². The molecule has 0 aromatic heterocycles. The third-order valence-electron chi connectivity index (χ3n) is 0.982. The Bertz CT molecular complexity index is 59.4. The molecule has 1 radical (unpaired) electrons. The highest BCUT2D eigenvalue weighted by atomic mass is 16.5. The van der Waals surface area contributed by atoms with Gasteiger partial charge in [-0.25, -0.2) is 0 Å². The number of hydrogen-bond acceptors (Lipinski definition) is 1. The molecule has 0 saturated heterocycles. The summed E-state index contributed by atoms with van der Waals surface area (Å²) in [5.74, 6) is 0. The van der Waals surface area contributed by atoms with Crippen molar-refractivity contribution in [2.24, 2.45) is 0 Å². The van der Waals surface area contributed by atoms with Gasteiger partial charge in [0.15, 0.2) is 0 Å². The van der Waals surface area contributed by atoms with Crippen LogP contribution in [0.1, 0.15) is 20.3 Å². The summed E-state index contributed by atoms with van der Waals surface area (Å²) in [6, 6.07) is 0. The molecule has 1 nitrogen and oxygen atoms in total. The largest absolute Gasteiger partial charge is 0.368 e. The molecule has 0 aliphatic rings. The Morgan fingerprint density at radius 2 is 2.38 bits per heavy atom. The van der Waals surface area contributed by atoms with Gasteiger partial charge in [0.1, 0.15) is 6.61 Å². The van der Waals surface area contributed by atoms with Crippen LogP contribution < -0.4 is 0 Å². The fourth-order valence-electron chi connectivity index (χ4n) is 0.286. The zero-order chi connectivity index (χ0) is 6.41. The molecule has 0 heterocycles. The monoisotopic (exact) mass is 113 g/mol. The Kier molecular flexibility index (Phi) is 4.67. The van der Waals surface area contributed by atoms with Crippen molar-refractivity contribution >= 4 is 0 Å². The van der Waals surface area contributed by atoms with Crippen molar-refractivity contribution < 1.29 is 4.74 Å². The van der Waals surface area contributed by atoms with Crippen molar-refractivity contribution in [2.75, 3.05) is 0 Å². The van der Waals surface area contributed by atoms with Crippen molar-refractivity contribution in [1.82, 2.24) is 0 Å². The number of ether oxygens (including phenoxy) is 1. The van der Waals surface area contributed by atoms with E-state index in [2.05, 4.69) is 13.5 Å². The average Bonchev–Trinajstić information content (AvgIpc) is 1.83. The minimum atomic E-state index is 0.327. The maximum absolute atomic E-state index is 5.10. The van der Waals surface area contributed by atoms with Gasteiger partial charge in [-0.3, -0.25) is 0 Å². The van der Waals surface area contributed by atoms with E-state index in [9.17, 15) is 0 Å². The van der Waals surface area contributed by atoms with Crippen LogP contribution in [-0.4, -0.2) is 6.10 Å². The minimum absolute atomic E-state index is 0.327. The first kappa shape index (κ1) is 7.70. The van der Waals surface area contributed by atoms with Gasteiger partial charge >= 0.3 is 0 Å². The Hall–Kier alpha value is -0.300. The fourth-order valence-corrected chi connectivity index (χ4v) is 0.286. The maximum Gasteiger partial charge on any atom is 0.105 e. The van der Waals surface area contributed by atoms with Crippen LogP contribution in [0.25, 0.3) is 0 Å². The van der Waals surface area contributed by atoms with Gasteiger partial charge in [-0.15, -0.1) is 6.58 Å². The molecule has 0 aliphatic carbocycles. The van der Waals surface area contributed by atoms with Crippen LogP contribution in [0.3, 0.4) is 0 Å². The molecule has 0 fully saturated rings. The van der Waals surface area contributed by atoms with E-state index in [1.807, 2.05) is 6.92 Å². The van der Waals surface area contributed by atoms with Gasteiger partial charge in [0.25, 0.3) is 0 Å². The molecule has 1 heteroatoms. The Morgan fingerprint density at radius 1 is 1.75 bits per heavy atom. The first-order valence-corrected chi connectivity index (χ1v) is 2.91. The zero-order valence-corrected chi connectivity index (χ0v) is 5.55. The van der Waals surface area contributed by atoms with Crippen molar-refractivity contribution in [3.8, 4) is 0 Å². The molecule has 8 heavy (non-hydrogen) atoms. The van der Waals surface area contributed by atoms with Crippen LogP contribution in [0.15, 0.2) is 12.7 Å². The predicted octanol–water partition coefficient (Wildman–Crippen LogP) is 2.15. The first-order valence-electron chi connectivity index (χ1n) is 2.91. The molecule has 0 saturated carbocycles. The zero-order valence-electron chi connectivity index (χ0n) is 5.55. The fraction of sp³-hybridized carbons (Fsp3) is 0.571. The third-order valence-corrected chi connectivity index (χ3v) is 0.982. The Morgan fingerprint density at radius 3 is 2.75 bits per heavy atom. The molecule has 1 atom stereocenters. The summed E-state index contributed by atoms with van der Waals surface area (Å²) in [5.41, 5.74) is 0. The van der Waals surface area contributed by atoms with E-state index in [4.69, 9.17) is 4.74 Å².